The number of pyridine rings is 1. The number of hydrogen-bond acceptors (Lipinski definition) is 5. The molecule has 0 atom stereocenters. The third-order valence-electron chi connectivity index (χ3n) is 4.30. The molecule has 1 saturated carbocycles. The number of nitrogens with zero attached hydrogens (tertiary/aromatic N) is 5. The summed E-state index contributed by atoms with van der Waals surface area (Å²) in [7, 11) is 1.99. The Morgan fingerprint density at radius 3 is 2.75 bits per heavy atom. The topological polar surface area (TPSA) is 38.9 Å². The molecule has 1 aliphatic carbocycles. The second-order valence-corrected chi connectivity index (χ2v) is 7.43. The summed E-state index contributed by atoms with van der Waals surface area (Å²) in [6.07, 6.45) is 6.20. The van der Waals surface area contributed by atoms with E-state index in [1.165, 1.54) is 18.4 Å². The normalized spacial score (nSPS) is 14.4. The van der Waals surface area contributed by atoms with Crippen LogP contribution in [0.15, 0.2) is 42.0 Å². The van der Waals surface area contributed by atoms with E-state index >= 15 is 0 Å². The SMILES string of the molecule is Cn1c(-c2cccs2)nn(CN(Cc2ccncc2)C2CC2)c1=S. The van der Waals surface area contributed by atoms with Gasteiger partial charge in [0.1, 0.15) is 0 Å². The van der Waals surface area contributed by atoms with Crippen molar-refractivity contribution in [1.82, 2.24) is 24.2 Å². The van der Waals surface area contributed by atoms with E-state index < -0.39 is 0 Å². The van der Waals surface area contributed by atoms with E-state index in [-0.39, 0.29) is 0 Å². The molecule has 0 amide bonds. The van der Waals surface area contributed by atoms with Gasteiger partial charge in [-0.15, -0.1) is 16.4 Å². The first-order chi connectivity index (χ1) is 11.7. The average molecular weight is 358 g/mol. The van der Waals surface area contributed by atoms with Crippen LogP contribution in [0.5, 0.6) is 0 Å². The minimum Gasteiger partial charge on any atom is -0.302 e. The largest absolute Gasteiger partial charge is 0.302 e. The van der Waals surface area contributed by atoms with Gasteiger partial charge in [0.15, 0.2) is 10.6 Å². The van der Waals surface area contributed by atoms with Gasteiger partial charge in [0.05, 0.1) is 11.5 Å². The zero-order chi connectivity index (χ0) is 16.5. The third-order valence-corrected chi connectivity index (χ3v) is 5.65. The fourth-order valence-electron chi connectivity index (χ4n) is 2.83. The van der Waals surface area contributed by atoms with Crippen molar-refractivity contribution in [3.05, 3.63) is 52.4 Å². The molecule has 4 rings (SSSR count). The molecule has 3 aromatic rings. The summed E-state index contributed by atoms with van der Waals surface area (Å²) >= 11 is 7.30. The summed E-state index contributed by atoms with van der Waals surface area (Å²) in [4.78, 5) is 7.70. The summed E-state index contributed by atoms with van der Waals surface area (Å²) in [5.41, 5.74) is 1.28. The molecule has 124 valence electrons. The highest BCUT2D eigenvalue weighted by atomic mass is 32.1. The molecule has 3 aromatic heterocycles. The predicted molar refractivity (Wildman–Crippen MR) is 98.1 cm³/mol. The van der Waals surface area contributed by atoms with Crippen LogP contribution in [0.1, 0.15) is 18.4 Å². The molecule has 24 heavy (non-hydrogen) atoms. The summed E-state index contributed by atoms with van der Waals surface area (Å²) in [6.45, 7) is 1.63. The first-order valence-corrected chi connectivity index (χ1v) is 9.32. The molecule has 0 N–H and O–H groups in total. The Bertz CT molecular complexity index is 862. The second kappa shape index (κ2) is 6.58. The highest BCUT2D eigenvalue weighted by molar-refractivity contribution is 7.71. The van der Waals surface area contributed by atoms with Crippen LogP contribution in [0.25, 0.3) is 10.7 Å². The summed E-state index contributed by atoms with van der Waals surface area (Å²) in [5.74, 6) is 0.939. The van der Waals surface area contributed by atoms with Crippen molar-refractivity contribution in [2.45, 2.75) is 32.1 Å². The lowest BCUT2D eigenvalue weighted by Crippen LogP contribution is -2.29. The van der Waals surface area contributed by atoms with Crippen LogP contribution in [0, 0.1) is 4.77 Å². The maximum atomic E-state index is 5.61. The van der Waals surface area contributed by atoms with E-state index in [2.05, 4.69) is 33.5 Å². The van der Waals surface area contributed by atoms with E-state index in [0.717, 1.165) is 28.7 Å². The lowest BCUT2D eigenvalue weighted by atomic mass is 10.2. The first kappa shape index (κ1) is 15.7. The minimum atomic E-state index is 0.632. The lowest BCUT2D eigenvalue weighted by Gasteiger charge is -2.21. The molecule has 0 aromatic carbocycles. The van der Waals surface area contributed by atoms with E-state index in [4.69, 9.17) is 17.3 Å². The molecule has 0 radical (unpaired) electrons. The van der Waals surface area contributed by atoms with Crippen molar-refractivity contribution in [2.24, 2.45) is 7.05 Å². The molecule has 1 fully saturated rings. The molecule has 1 aliphatic rings. The fourth-order valence-corrected chi connectivity index (χ4v) is 3.76. The molecular weight excluding hydrogens is 338 g/mol. The van der Waals surface area contributed by atoms with E-state index in [1.54, 1.807) is 11.3 Å². The second-order valence-electron chi connectivity index (χ2n) is 6.12. The van der Waals surface area contributed by atoms with Crippen molar-refractivity contribution >= 4 is 23.6 Å². The number of hydrogen-bond donors (Lipinski definition) is 0. The summed E-state index contributed by atoms with van der Waals surface area (Å²) in [6, 6.07) is 8.91. The van der Waals surface area contributed by atoms with Gasteiger partial charge in [0, 0.05) is 32.0 Å². The smallest absolute Gasteiger partial charge is 0.199 e. The number of aromatic nitrogens is 4. The molecule has 0 bridgehead atoms. The van der Waals surface area contributed by atoms with Gasteiger partial charge in [-0.05, 0) is 54.2 Å². The van der Waals surface area contributed by atoms with Gasteiger partial charge in [0.2, 0.25) is 0 Å². The summed E-state index contributed by atoms with van der Waals surface area (Å²) < 4.78 is 4.71. The maximum Gasteiger partial charge on any atom is 0.199 e. The Hall–Kier alpha value is -1.83. The number of rotatable bonds is 6. The monoisotopic (exact) mass is 357 g/mol. The highest BCUT2D eigenvalue weighted by Crippen LogP contribution is 2.29. The lowest BCUT2D eigenvalue weighted by molar-refractivity contribution is 0.186. The van der Waals surface area contributed by atoms with E-state index in [1.807, 2.05) is 34.8 Å². The van der Waals surface area contributed by atoms with Crippen molar-refractivity contribution in [3.63, 3.8) is 0 Å². The Morgan fingerprint density at radius 1 is 1.29 bits per heavy atom. The van der Waals surface area contributed by atoms with Crippen LogP contribution in [-0.4, -0.2) is 30.3 Å². The van der Waals surface area contributed by atoms with E-state index in [9.17, 15) is 0 Å². The highest BCUT2D eigenvalue weighted by Gasteiger charge is 2.29. The van der Waals surface area contributed by atoms with Gasteiger partial charge < -0.3 is 4.57 Å². The Labute approximate surface area is 150 Å². The quantitative estimate of drug-likeness (QED) is 0.631. The molecule has 0 unspecified atom stereocenters. The number of thiophene rings is 1. The fraction of sp³-hybridized carbons (Fsp3) is 0.353. The van der Waals surface area contributed by atoms with Crippen molar-refractivity contribution in [3.8, 4) is 10.7 Å². The van der Waals surface area contributed by atoms with Crippen LogP contribution in [-0.2, 0) is 20.3 Å². The Balaban J connectivity index is 1.59. The zero-order valence-corrected chi connectivity index (χ0v) is 15.1. The van der Waals surface area contributed by atoms with Gasteiger partial charge in [-0.3, -0.25) is 9.88 Å². The van der Waals surface area contributed by atoms with Crippen LogP contribution >= 0.6 is 23.6 Å². The van der Waals surface area contributed by atoms with Gasteiger partial charge >= 0.3 is 0 Å². The molecule has 3 heterocycles. The Kier molecular flexibility index (Phi) is 4.30. The van der Waals surface area contributed by atoms with E-state index in [0.29, 0.717) is 6.04 Å². The van der Waals surface area contributed by atoms with Crippen LogP contribution < -0.4 is 0 Å². The van der Waals surface area contributed by atoms with Crippen molar-refractivity contribution in [2.75, 3.05) is 0 Å². The predicted octanol–water partition coefficient (Wildman–Crippen LogP) is 3.70. The molecule has 0 saturated heterocycles. The molecule has 5 nitrogen and oxygen atoms in total. The van der Waals surface area contributed by atoms with Gasteiger partial charge in [0.25, 0.3) is 0 Å². The van der Waals surface area contributed by atoms with Crippen LogP contribution in [0.2, 0.25) is 0 Å². The standard InChI is InChI=1S/C17H19N5S2/c1-20-16(15-3-2-10-24-15)19-22(17(20)23)12-21(14-4-5-14)11-13-6-8-18-9-7-13/h2-3,6-10,14H,4-5,11-12H2,1H3. The zero-order valence-electron chi connectivity index (χ0n) is 13.5. The molecule has 0 aliphatic heterocycles. The third kappa shape index (κ3) is 3.19. The maximum absolute atomic E-state index is 5.61. The molecule has 0 spiro atoms. The molecular formula is C17H19N5S2. The van der Waals surface area contributed by atoms with Crippen LogP contribution in [0.4, 0.5) is 0 Å². The van der Waals surface area contributed by atoms with Crippen LogP contribution in [0.3, 0.4) is 0 Å². The van der Waals surface area contributed by atoms with Gasteiger partial charge in [-0.25, -0.2) is 4.68 Å². The summed E-state index contributed by atoms with van der Waals surface area (Å²) in [5, 5.41) is 6.84. The van der Waals surface area contributed by atoms with Crippen molar-refractivity contribution < 1.29 is 0 Å². The average Bonchev–Trinajstić information content (AvgIpc) is 3.24. The first-order valence-electron chi connectivity index (χ1n) is 8.03. The molecule has 7 heteroatoms. The van der Waals surface area contributed by atoms with Gasteiger partial charge in [-0.2, -0.15) is 0 Å². The minimum absolute atomic E-state index is 0.632. The van der Waals surface area contributed by atoms with Gasteiger partial charge in [-0.1, -0.05) is 6.07 Å². The Morgan fingerprint density at radius 2 is 2.08 bits per heavy atom. The van der Waals surface area contributed by atoms with Crippen molar-refractivity contribution in [1.29, 1.82) is 0 Å².